The number of nitrogens with zero attached hydrogens (tertiary/aromatic N) is 1. The van der Waals surface area contributed by atoms with Crippen LogP contribution in [0.3, 0.4) is 0 Å². The largest absolute Gasteiger partial charge is 0.331 e. The summed E-state index contributed by atoms with van der Waals surface area (Å²) in [6, 6.07) is 29.5. The Bertz CT molecular complexity index is 1560. The SMILES string of the molecule is C/C=C(/c1cccc(C)c1)c1ccc(C(C)(C)c2ccccc2C)cc1N1c2cc(C)cc(C)c2C1(C)C. The lowest BCUT2D eigenvalue weighted by Gasteiger charge is -2.53. The van der Waals surface area contributed by atoms with Crippen molar-refractivity contribution in [2.75, 3.05) is 4.90 Å². The zero-order chi connectivity index (χ0) is 27.4. The van der Waals surface area contributed by atoms with Gasteiger partial charge < -0.3 is 4.90 Å². The molecule has 1 heteroatoms. The first-order valence-electron chi connectivity index (χ1n) is 13.8. The van der Waals surface area contributed by atoms with E-state index >= 15 is 0 Å². The maximum absolute atomic E-state index is 2.58. The highest BCUT2D eigenvalue weighted by atomic mass is 15.3. The summed E-state index contributed by atoms with van der Waals surface area (Å²) in [6.07, 6.45) is 2.27. The molecule has 0 saturated carbocycles. The van der Waals surface area contributed by atoms with E-state index in [1.807, 2.05) is 0 Å². The number of hydrogen-bond donors (Lipinski definition) is 0. The van der Waals surface area contributed by atoms with Crippen LogP contribution < -0.4 is 4.90 Å². The van der Waals surface area contributed by atoms with Gasteiger partial charge in [-0.05, 0) is 99.6 Å². The molecule has 194 valence electrons. The summed E-state index contributed by atoms with van der Waals surface area (Å²) < 4.78 is 0. The number of rotatable bonds is 5. The van der Waals surface area contributed by atoms with Crippen LogP contribution in [-0.4, -0.2) is 0 Å². The van der Waals surface area contributed by atoms with Crippen molar-refractivity contribution in [1.29, 1.82) is 0 Å². The van der Waals surface area contributed by atoms with E-state index in [1.165, 1.54) is 67.0 Å². The third-order valence-electron chi connectivity index (χ3n) is 8.56. The molecule has 0 unspecified atom stereocenters. The third kappa shape index (κ3) is 4.09. The molecule has 5 rings (SSSR count). The van der Waals surface area contributed by atoms with Crippen LogP contribution in [0.15, 0.2) is 84.9 Å². The molecule has 1 heterocycles. The Kier molecular flexibility index (Phi) is 6.38. The van der Waals surface area contributed by atoms with Crippen molar-refractivity contribution in [2.24, 2.45) is 0 Å². The lowest BCUT2D eigenvalue weighted by atomic mass is 9.74. The highest BCUT2D eigenvalue weighted by molar-refractivity contribution is 5.92. The lowest BCUT2D eigenvalue weighted by molar-refractivity contribution is 0.480. The molecule has 1 aliphatic rings. The smallest absolute Gasteiger partial charge is 0.0669 e. The van der Waals surface area contributed by atoms with Crippen LogP contribution in [0.1, 0.15) is 84.7 Å². The minimum absolute atomic E-state index is 0.0985. The fourth-order valence-electron chi connectivity index (χ4n) is 6.76. The van der Waals surface area contributed by atoms with Crippen molar-refractivity contribution in [2.45, 2.75) is 73.3 Å². The third-order valence-corrected chi connectivity index (χ3v) is 8.56. The van der Waals surface area contributed by atoms with Crippen molar-refractivity contribution in [3.63, 3.8) is 0 Å². The summed E-state index contributed by atoms with van der Waals surface area (Å²) in [4.78, 5) is 2.58. The van der Waals surface area contributed by atoms with Crippen LogP contribution in [0.2, 0.25) is 0 Å². The Morgan fingerprint density at radius 3 is 2.16 bits per heavy atom. The maximum Gasteiger partial charge on any atom is 0.0669 e. The van der Waals surface area contributed by atoms with Crippen LogP contribution >= 0.6 is 0 Å². The number of hydrogen-bond acceptors (Lipinski definition) is 1. The molecule has 4 aromatic rings. The highest BCUT2D eigenvalue weighted by Gasteiger charge is 2.45. The van der Waals surface area contributed by atoms with Gasteiger partial charge >= 0.3 is 0 Å². The Balaban J connectivity index is 1.77. The molecule has 0 radical (unpaired) electrons. The van der Waals surface area contributed by atoms with E-state index < -0.39 is 0 Å². The molecule has 0 amide bonds. The molecule has 4 aromatic carbocycles. The number of benzene rings is 4. The summed E-state index contributed by atoms with van der Waals surface area (Å²) in [6.45, 7) is 20.5. The molecule has 0 N–H and O–H groups in total. The van der Waals surface area contributed by atoms with Crippen LogP contribution in [0, 0.1) is 27.7 Å². The molecule has 0 bridgehead atoms. The Hall–Kier alpha value is -3.58. The zero-order valence-electron chi connectivity index (χ0n) is 24.5. The maximum atomic E-state index is 2.58. The average Bonchev–Trinajstić information content (AvgIpc) is 2.84. The summed E-state index contributed by atoms with van der Waals surface area (Å²) in [7, 11) is 0. The normalized spacial score (nSPS) is 14.8. The number of fused-ring (bicyclic) bond motifs is 1. The van der Waals surface area contributed by atoms with Crippen molar-refractivity contribution in [1.82, 2.24) is 0 Å². The van der Waals surface area contributed by atoms with E-state index in [9.17, 15) is 0 Å². The monoisotopic (exact) mass is 499 g/mol. The van der Waals surface area contributed by atoms with E-state index in [-0.39, 0.29) is 11.0 Å². The topological polar surface area (TPSA) is 3.24 Å². The fourth-order valence-corrected chi connectivity index (χ4v) is 6.76. The van der Waals surface area contributed by atoms with Gasteiger partial charge in [0.2, 0.25) is 0 Å². The number of aryl methyl sites for hydroxylation is 4. The van der Waals surface area contributed by atoms with Crippen molar-refractivity contribution in [3.8, 4) is 0 Å². The van der Waals surface area contributed by atoms with Crippen LogP contribution in [0.5, 0.6) is 0 Å². The van der Waals surface area contributed by atoms with Gasteiger partial charge in [0.05, 0.1) is 11.2 Å². The molecule has 1 nitrogen and oxygen atoms in total. The first-order valence-corrected chi connectivity index (χ1v) is 13.8. The molecule has 0 fully saturated rings. The first kappa shape index (κ1) is 26.0. The van der Waals surface area contributed by atoms with Gasteiger partial charge in [-0.15, -0.1) is 0 Å². The van der Waals surface area contributed by atoms with E-state index in [0.29, 0.717) is 0 Å². The zero-order valence-corrected chi connectivity index (χ0v) is 24.5. The summed E-state index contributed by atoms with van der Waals surface area (Å²) in [5.74, 6) is 0. The van der Waals surface area contributed by atoms with Crippen LogP contribution in [0.4, 0.5) is 11.4 Å². The van der Waals surface area contributed by atoms with Gasteiger partial charge in [0.15, 0.2) is 0 Å². The van der Waals surface area contributed by atoms with E-state index in [2.05, 4.69) is 152 Å². The summed E-state index contributed by atoms with van der Waals surface area (Å²) in [5, 5.41) is 0. The molecule has 1 aliphatic heterocycles. The second-order valence-corrected chi connectivity index (χ2v) is 12.1. The molecule has 0 aromatic heterocycles. The second-order valence-electron chi connectivity index (χ2n) is 12.1. The summed E-state index contributed by atoms with van der Waals surface area (Å²) >= 11 is 0. The second kappa shape index (κ2) is 9.31. The van der Waals surface area contributed by atoms with Gasteiger partial charge in [-0.3, -0.25) is 0 Å². The number of anilines is 2. The van der Waals surface area contributed by atoms with E-state index in [0.717, 1.165) is 0 Å². The van der Waals surface area contributed by atoms with E-state index in [1.54, 1.807) is 0 Å². The molecule has 38 heavy (non-hydrogen) atoms. The lowest BCUT2D eigenvalue weighted by Crippen LogP contribution is -2.49. The minimum atomic E-state index is -0.127. The predicted molar refractivity (Wildman–Crippen MR) is 165 cm³/mol. The standard InChI is InChI=1S/C37H41N/c1-10-30(28-16-13-14-24(2)21-28)31-19-18-29(36(6,7)32-17-12-11-15-26(32)4)23-33(31)38-34-22-25(3)20-27(5)35(34)37(38,8)9/h10-23H,1-9H3/b30-10-. The molecular weight excluding hydrogens is 458 g/mol. The molecule has 0 spiro atoms. The van der Waals surface area contributed by atoms with Gasteiger partial charge in [-0.25, -0.2) is 0 Å². The molecule has 0 saturated heterocycles. The van der Waals surface area contributed by atoms with Gasteiger partial charge in [0.1, 0.15) is 0 Å². The van der Waals surface area contributed by atoms with Gasteiger partial charge in [0, 0.05) is 22.2 Å². The van der Waals surface area contributed by atoms with E-state index in [4.69, 9.17) is 0 Å². The van der Waals surface area contributed by atoms with Gasteiger partial charge in [-0.2, -0.15) is 0 Å². The fraction of sp³-hybridized carbons (Fsp3) is 0.297. The van der Waals surface area contributed by atoms with Crippen LogP contribution in [0.25, 0.3) is 5.57 Å². The number of allylic oxidation sites excluding steroid dienone is 1. The average molecular weight is 500 g/mol. The first-order chi connectivity index (χ1) is 18.0. The predicted octanol–water partition coefficient (Wildman–Crippen LogP) is 10.1. The quantitative estimate of drug-likeness (QED) is 0.264. The Labute approximate surface area is 229 Å². The highest BCUT2D eigenvalue weighted by Crippen LogP contribution is 2.56. The van der Waals surface area contributed by atoms with Crippen molar-refractivity contribution < 1.29 is 0 Å². The van der Waals surface area contributed by atoms with Crippen molar-refractivity contribution >= 4 is 16.9 Å². The molecule has 0 atom stereocenters. The minimum Gasteiger partial charge on any atom is -0.331 e. The Morgan fingerprint density at radius 2 is 1.47 bits per heavy atom. The van der Waals surface area contributed by atoms with Crippen LogP contribution in [-0.2, 0) is 11.0 Å². The molecule has 0 aliphatic carbocycles. The van der Waals surface area contributed by atoms with Crippen molar-refractivity contribution in [3.05, 3.63) is 135 Å². The molecular formula is C37H41N. The van der Waals surface area contributed by atoms with Gasteiger partial charge in [-0.1, -0.05) is 92.2 Å². The summed E-state index contributed by atoms with van der Waals surface area (Å²) in [5.41, 5.74) is 15.7. The Morgan fingerprint density at radius 1 is 0.737 bits per heavy atom. The van der Waals surface area contributed by atoms with Gasteiger partial charge in [0.25, 0.3) is 0 Å².